The Hall–Kier alpha value is -1.16. The molecule has 0 atom stereocenters. The van der Waals surface area contributed by atoms with E-state index in [0.29, 0.717) is 0 Å². The quantitative estimate of drug-likeness (QED) is 0.607. The van der Waals surface area contributed by atoms with Crippen molar-refractivity contribution < 1.29 is 4.79 Å². The van der Waals surface area contributed by atoms with Crippen molar-refractivity contribution >= 4 is 26.4 Å². The van der Waals surface area contributed by atoms with Gasteiger partial charge in [-0.2, -0.15) is 0 Å². The molecule has 2 aromatic carbocycles. The summed E-state index contributed by atoms with van der Waals surface area (Å²) >= 11 is 1.80. The van der Waals surface area contributed by atoms with Crippen molar-refractivity contribution in [3.8, 4) is 11.1 Å². The van der Waals surface area contributed by atoms with Crippen molar-refractivity contribution in [1.82, 2.24) is 0 Å². The second-order valence-corrected chi connectivity index (χ2v) is 4.20. The number of halogens is 1. The number of hydrogen-bond acceptors (Lipinski definition) is 1. The molecule has 0 N–H and O–H groups in total. The molecule has 74 valence electrons. The van der Waals surface area contributed by atoms with Crippen molar-refractivity contribution in [2.45, 2.75) is 0 Å². The number of carbonyl (C=O) groups is 1. The van der Waals surface area contributed by atoms with Gasteiger partial charge in [0.25, 0.3) is 0 Å². The van der Waals surface area contributed by atoms with Crippen LogP contribution in [0.4, 0.5) is 0 Å². The van der Waals surface area contributed by atoms with Gasteiger partial charge in [-0.15, -0.1) is 0 Å². The largest absolute Gasteiger partial charge is 0.282 e. The fraction of sp³-hybridized carbons (Fsp3) is 0. The maximum atomic E-state index is 11.1. The van der Waals surface area contributed by atoms with E-state index >= 15 is 0 Å². The molecule has 0 bridgehead atoms. The van der Waals surface area contributed by atoms with Crippen LogP contribution < -0.4 is 0 Å². The lowest BCUT2D eigenvalue weighted by molar-refractivity contribution is 0.110. The molecular formula is C13H9IO. The summed E-state index contributed by atoms with van der Waals surface area (Å²) in [6.07, 6.45) is 0. The van der Waals surface area contributed by atoms with Crippen LogP contribution in [-0.2, 0) is 0 Å². The van der Waals surface area contributed by atoms with E-state index in [4.69, 9.17) is 0 Å². The molecule has 0 aliphatic heterocycles. The first kappa shape index (κ1) is 10.4. The highest BCUT2D eigenvalue weighted by molar-refractivity contribution is 14.1. The van der Waals surface area contributed by atoms with Crippen LogP contribution >= 0.6 is 22.6 Å². The van der Waals surface area contributed by atoms with E-state index in [9.17, 15) is 4.79 Å². The van der Waals surface area contributed by atoms with Crippen LogP contribution in [0.15, 0.2) is 54.6 Å². The average Bonchev–Trinajstić information content (AvgIpc) is 2.30. The average molecular weight is 308 g/mol. The molecule has 1 nitrogen and oxygen atoms in total. The van der Waals surface area contributed by atoms with Gasteiger partial charge in [0, 0.05) is 28.2 Å². The van der Waals surface area contributed by atoms with Gasteiger partial charge in [0.15, 0.2) is 0 Å². The number of hydrogen-bond donors (Lipinski definition) is 0. The lowest BCUT2D eigenvalue weighted by Gasteiger charge is -2.01. The van der Waals surface area contributed by atoms with Crippen LogP contribution in [0.25, 0.3) is 11.1 Å². The third-order valence-corrected chi connectivity index (χ3v) is 2.84. The summed E-state index contributed by atoms with van der Waals surface area (Å²) < 4.78 is 0.0761. The van der Waals surface area contributed by atoms with E-state index in [-0.39, 0.29) is 3.79 Å². The van der Waals surface area contributed by atoms with Crippen LogP contribution in [-0.4, -0.2) is 3.79 Å². The lowest BCUT2D eigenvalue weighted by atomic mass is 10.0. The molecular weight excluding hydrogens is 299 g/mol. The van der Waals surface area contributed by atoms with E-state index in [2.05, 4.69) is 12.1 Å². The van der Waals surface area contributed by atoms with Gasteiger partial charge in [-0.1, -0.05) is 42.5 Å². The molecule has 0 amide bonds. The molecule has 2 rings (SSSR count). The van der Waals surface area contributed by atoms with Gasteiger partial charge in [-0.05, 0) is 23.3 Å². The predicted octanol–water partition coefficient (Wildman–Crippen LogP) is 3.93. The topological polar surface area (TPSA) is 17.1 Å². The molecule has 2 heteroatoms. The maximum Gasteiger partial charge on any atom is 0.222 e. The number of rotatable bonds is 2. The minimum atomic E-state index is 0.0761. The highest BCUT2D eigenvalue weighted by Crippen LogP contribution is 2.19. The van der Waals surface area contributed by atoms with E-state index in [1.54, 1.807) is 22.6 Å². The molecule has 2 aromatic rings. The summed E-state index contributed by atoms with van der Waals surface area (Å²) in [5.74, 6) is 0. The second kappa shape index (κ2) is 4.57. The molecule has 0 fully saturated rings. The van der Waals surface area contributed by atoms with E-state index in [0.717, 1.165) is 11.1 Å². The van der Waals surface area contributed by atoms with Crippen molar-refractivity contribution in [3.05, 3.63) is 60.2 Å². The molecule has 0 saturated heterocycles. The zero-order valence-electron chi connectivity index (χ0n) is 7.98. The Balaban J connectivity index is 2.36. The SMILES string of the molecule is O=C(I)c1ccc(-c2ccccc2)cc1. The second-order valence-electron chi connectivity index (χ2n) is 3.22. The van der Waals surface area contributed by atoms with Crippen molar-refractivity contribution in [2.24, 2.45) is 0 Å². The van der Waals surface area contributed by atoms with Crippen molar-refractivity contribution in [1.29, 1.82) is 0 Å². The van der Waals surface area contributed by atoms with E-state index in [1.807, 2.05) is 42.5 Å². The molecule has 15 heavy (non-hydrogen) atoms. The zero-order chi connectivity index (χ0) is 10.7. The fourth-order valence-corrected chi connectivity index (χ4v) is 1.78. The van der Waals surface area contributed by atoms with Gasteiger partial charge < -0.3 is 0 Å². The maximum absolute atomic E-state index is 11.1. The lowest BCUT2D eigenvalue weighted by Crippen LogP contribution is -1.86. The molecule has 0 radical (unpaired) electrons. The summed E-state index contributed by atoms with van der Waals surface area (Å²) in [5, 5.41) is 0. The van der Waals surface area contributed by atoms with Gasteiger partial charge in [0.05, 0.1) is 0 Å². The van der Waals surface area contributed by atoms with Gasteiger partial charge in [0.1, 0.15) is 0 Å². The predicted molar refractivity (Wildman–Crippen MR) is 70.2 cm³/mol. The first-order valence-electron chi connectivity index (χ1n) is 4.63. The van der Waals surface area contributed by atoms with E-state index in [1.165, 1.54) is 5.56 Å². The first-order chi connectivity index (χ1) is 7.27. The van der Waals surface area contributed by atoms with Crippen molar-refractivity contribution in [2.75, 3.05) is 0 Å². The molecule has 0 aromatic heterocycles. The Morgan fingerprint density at radius 1 is 0.800 bits per heavy atom. The van der Waals surface area contributed by atoms with Crippen LogP contribution in [0.2, 0.25) is 0 Å². The van der Waals surface area contributed by atoms with Crippen LogP contribution in [0.5, 0.6) is 0 Å². The number of carbonyl (C=O) groups excluding carboxylic acids is 1. The summed E-state index contributed by atoms with van der Waals surface area (Å²) in [7, 11) is 0. The third-order valence-electron chi connectivity index (χ3n) is 2.22. The van der Waals surface area contributed by atoms with Crippen molar-refractivity contribution in [3.63, 3.8) is 0 Å². The van der Waals surface area contributed by atoms with Gasteiger partial charge >= 0.3 is 0 Å². The zero-order valence-corrected chi connectivity index (χ0v) is 10.1. The first-order valence-corrected chi connectivity index (χ1v) is 5.70. The van der Waals surface area contributed by atoms with Gasteiger partial charge in [-0.25, -0.2) is 0 Å². The summed E-state index contributed by atoms with van der Waals surface area (Å²) in [5.41, 5.74) is 3.05. The highest BCUT2D eigenvalue weighted by Gasteiger charge is 2.01. The van der Waals surface area contributed by atoms with Gasteiger partial charge in [0.2, 0.25) is 3.79 Å². The molecule has 0 spiro atoms. The highest BCUT2D eigenvalue weighted by atomic mass is 127. The molecule has 0 aliphatic rings. The minimum absolute atomic E-state index is 0.0761. The summed E-state index contributed by atoms with van der Waals surface area (Å²) in [6, 6.07) is 17.8. The van der Waals surface area contributed by atoms with E-state index < -0.39 is 0 Å². The Labute approximate surface area is 102 Å². The monoisotopic (exact) mass is 308 g/mol. The van der Waals surface area contributed by atoms with Gasteiger partial charge in [-0.3, -0.25) is 4.79 Å². The Morgan fingerprint density at radius 2 is 1.33 bits per heavy atom. The van der Waals surface area contributed by atoms with Crippen LogP contribution in [0, 0.1) is 0 Å². The molecule has 0 saturated carbocycles. The standard InChI is InChI=1S/C13H9IO/c14-13(15)12-8-6-11(7-9-12)10-4-2-1-3-5-10/h1-9H. The molecule has 0 unspecified atom stereocenters. The molecule has 0 aliphatic carbocycles. The molecule has 0 heterocycles. The minimum Gasteiger partial charge on any atom is -0.282 e. The number of benzene rings is 2. The van der Waals surface area contributed by atoms with Crippen LogP contribution in [0.1, 0.15) is 10.4 Å². The Kier molecular flexibility index (Phi) is 3.16. The normalized spacial score (nSPS) is 9.93. The Morgan fingerprint density at radius 3 is 1.87 bits per heavy atom. The van der Waals surface area contributed by atoms with Crippen LogP contribution in [0.3, 0.4) is 0 Å². The fourth-order valence-electron chi connectivity index (χ4n) is 1.42. The summed E-state index contributed by atoms with van der Waals surface area (Å²) in [4.78, 5) is 11.1. The smallest absolute Gasteiger partial charge is 0.222 e. The third kappa shape index (κ3) is 2.45. The summed E-state index contributed by atoms with van der Waals surface area (Å²) in [6.45, 7) is 0. The Bertz CT molecular complexity index is 460.